The fourth-order valence-electron chi connectivity index (χ4n) is 4.30. The summed E-state index contributed by atoms with van der Waals surface area (Å²) in [5.41, 5.74) is 4.65. The smallest absolute Gasteiger partial charge is 0.227 e. The zero-order valence-electron chi connectivity index (χ0n) is 19.6. The molecule has 180 valence electrons. The van der Waals surface area contributed by atoms with Gasteiger partial charge in [-0.1, -0.05) is 47.6 Å². The van der Waals surface area contributed by atoms with Crippen molar-refractivity contribution >= 4 is 22.9 Å². The van der Waals surface area contributed by atoms with Crippen LogP contribution in [-0.2, 0) is 24.3 Å². The monoisotopic (exact) mass is 487 g/mol. The van der Waals surface area contributed by atoms with Crippen LogP contribution in [0.1, 0.15) is 23.4 Å². The number of rotatable bonds is 9. The second kappa shape index (κ2) is 11.3. The summed E-state index contributed by atoms with van der Waals surface area (Å²) >= 11 is 1.59. The van der Waals surface area contributed by atoms with Gasteiger partial charge >= 0.3 is 0 Å². The van der Waals surface area contributed by atoms with Gasteiger partial charge in [-0.25, -0.2) is 0 Å². The van der Waals surface area contributed by atoms with E-state index in [0.717, 1.165) is 43.9 Å². The molecule has 0 aliphatic carbocycles. The minimum Gasteiger partial charge on any atom is -0.369 e. The maximum atomic E-state index is 12.5. The molecule has 3 heterocycles. The number of benzene rings is 2. The highest BCUT2D eigenvalue weighted by atomic mass is 32.1. The molecule has 7 nitrogen and oxygen atoms in total. The lowest BCUT2D eigenvalue weighted by Crippen LogP contribution is -2.46. The highest BCUT2D eigenvalue weighted by molar-refractivity contribution is 7.08. The van der Waals surface area contributed by atoms with Gasteiger partial charge in [-0.3, -0.25) is 9.69 Å². The molecule has 8 heteroatoms. The Hall–Kier alpha value is -3.49. The summed E-state index contributed by atoms with van der Waals surface area (Å²) in [7, 11) is 0. The van der Waals surface area contributed by atoms with Gasteiger partial charge in [0.15, 0.2) is 0 Å². The number of para-hydroxylation sites is 1. The first-order valence-corrected chi connectivity index (χ1v) is 12.9. The van der Waals surface area contributed by atoms with Crippen LogP contribution in [0.25, 0.3) is 11.4 Å². The Morgan fingerprint density at radius 2 is 1.74 bits per heavy atom. The normalized spacial score (nSPS) is 14.2. The van der Waals surface area contributed by atoms with Gasteiger partial charge in [0.25, 0.3) is 0 Å². The SMILES string of the molecule is O=C(CCc1nc(-c2ccsc2)no1)NCc1ccccc1CN1CCN(c2ccccc2)CC1. The molecular weight excluding hydrogens is 458 g/mol. The second-order valence-corrected chi connectivity index (χ2v) is 9.45. The third kappa shape index (κ3) is 6.15. The van der Waals surface area contributed by atoms with Crippen molar-refractivity contribution < 1.29 is 9.32 Å². The number of carbonyl (C=O) groups excluding carboxylic acids is 1. The number of aryl methyl sites for hydroxylation is 1. The molecule has 1 fully saturated rings. The Balaban J connectivity index is 1.09. The fraction of sp³-hybridized carbons (Fsp3) is 0.296. The minimum atomic E-state index is -0.0217. The molecule has 0 radical (unpaired) electrons. The molecule has 35 heavy (non-hydrogen) atoms. The second-order valence-electron chi connectivity index (χ2n) is 8.67. The number of nitrogens with one attached hydrogen (secondary N) is 1. The summed E-state index contributed by atoms with van der Waals surface area (Å²) in [5.74, 6) is 1.03. The maximum Gasteiger partial charge on any atom is 0.227 e. The highest BCUT2D eigenvalue weighted by Gasteiger charge is 2.18. The molecule has 2 aromatic carbocycles. The first kappa shape index (κ1) is 23.3. The topological polar surface area (TPSA) is 74.5 Å². The average molecular weight is 488 g/mol. The van der Waals surface area contributed by atoms with E-state index in [1.54, 1.807) is 11.3 Å². The highest BCUT2D eigenvalue weighted by Crippen LogP contribution is 2.20. The standard InChI is InChI=1S/C27H29N5O2S/c33-25(10-11-26-29-27(30-34-26)23-12-17-35-20-23)28-18-21-6-4-5-7-22(21)19-31-13-15-32(16-14-31)24-8-2-1-3-9-24/h1-9,12,17,20H,10-11,13-16,18-19H2,(H,28,33). The molecule has 0 unspecified atom stereocenters. The van der Waals surface area contributed by atoms with E-state index in [9.17, 15) is 4.79 Å². The van der Waals surface area contributed by atoms with Crippen molar-refractivity contribution in [3.63, 3.8) is 0 Å². The summed E-state index contributed by atoms with van der Waals surface area (Å²) in [6.45, 7) is 5.49. The number of nitrogens with zero attached hydrogens (tertiary/aromatic N) is 4. The number of amides is 1. The van der Waals surface area contributed by atoms with E-state index < -0.39 is 0 Å². The van der Waals surface area contributed by atoms with Crippen LogP contribution in [0.2, 0.25) is 0 Å². The van der Waals surface area contributed by atoms with Crippen LogP contribution >= 0.6 is 11.3 Å². The Bertz CT molecular complexity index is 1220. The van der Waals surface area contributed by atoms with Crippen LogP contribution in [0.15, 0.2) is 75.9 Å². The van der Waals surface area contributed by atoms with Crippen molar-refractivity contribution in [3.05, 3.63) is 88.4 Å². The van der Waals surface area contributed by atoms with Crippen molar-refractivity contribution in [3.8, 4) is 11.4 Å². The summed E-state index contributed by atoms with van der Waals surface area (Å²) in [6.07, 6.45) is 0.741. The van der Waals surface area contributed by atoms with Crippen molar-refractivity contribution in [2.24, 2.45) is 0 Å². The first-order valence-electron chi connectivity index (χ1n) is 12.0. The third-order valence-electron chi connectivity index (χ3n) is 6.30. The van der Waals surface area contributed by atoms with Gasteiger partial charge in [-0.15, -0.1) is 0 Å². The number of thiophene rings is 1. The lowest BCUT2D eigenvalue weighted by Gasteiger charge is -2.36. The summed E-state index contributed by atoms with van der Waals surface area (Å²) in [6, 6.07) is 20.9. The molecular formula is C27H29N5O2S. The van der Waals surface area contributed by atoms with Gasteiger partial charge in [0.2, 0.25) is 17.6 Å². The Kier molecular flexibility index (Phi) is 7.50. The van der Waals surface area contributed by atoms with E-state index in [-0.39, 0.29) is 5.91 Å². The number of anilines is 1. The molecule has 1 aliphatic heterocycles. The van der Waals surface area contributed by atoms with Crippen molar-refractivity contribution in [2.45, 2.75) is 25.9 Å². The van der Waals surface area contributed by atoms with E-state index in [1.807, 2.05) is 22.9 Å². The van der Waals surface area contributed by atoms with Crippen LogP contribution in [0.3, 0.4) is 0 Å². The van der Waals surface area contributed by atoms with E-state index in [0.29, 0.717) is 31.1 Å². The van der Waals surface area contributed by atoms with E-state index in [1.165, 1.54) is 11.3 Å². The molecule has 0 spiro atoms. The lowest BCUT2D eigenvalue weighted by atomic mass is 10.1. The zero-order chi connectivity index (χ0) is 23.9. The number of hydrogen-bond acceptors (Lipinski definition) is 7. The van der Waals surface area contributed by atoms with Gasteiger partial charge in [0.1, 0.15) is 0 Å². The van der Waals surface area contributed by atoms with Gasteiger partial charge in [-0.05, 0) is 34.7 Å². The molecule has 0 bridgehead atoms. The molecule has 5 rings (SSSR count). The molecule has 1 amide bonds. The van der Waals surface area contributed by atoms with E-state index in [4.69, 9.17) is 4.52 Å². The Labute approximate surface area is 209 Å². The Morgan fingerprint density at radius 3 is 2.51 bits per heavy atom. The molecule has 4 aromatic rings. The first-order chi connectivity index (χ1) is 17.2. The maximum absolute atomic E-state index is 12.5. The number of piperazine rings is 1. The number of aromatic nitrogens is 2. The summed E-state index contributed by atoms with van der Waals surface area (Å²) in [4.78, 5) is 21.8. The quantitative estimate of drug-likeness (QED) is 0.378. The zero-order valence-corrected chi connectivity index (χ0v) is 20.4. The fourth-order valence-corrected chi connectivity index (χ4v) is 4.93. The van der Waals surface area contributed by atoms with Gasteiger partial charge in [0, 0.05) is 68.7 Å². The van der Waals surface area contributed by atoms with E-state index in [2.05, 4.69) is 73.8 Å². The minimum absolute atomic E-state index is 0.0217. The number of carbonyl (C=O) groups is 1. The molecule has 1 saturated heterocycles. The van der Waals surface area contributed by atoms with Crippen LogP contribution in [0.4, 0.5) is 5.69 Å². The predicted octanol–water partition coefficient (Wildman–Crippen LogP) is 4.37. The van der Waals surface area contributed by atoms with Crippen molar-refractivity contribution in [1.82, 2.24) is 20.4 Å². The molecule has 1 N–H and O–H groups in total. The van der Waals surface area contributed by atoms with Crippen LogP contribution in [-0.4, -0.2) is 47.1 Å². The average Bonchev–Trinajstić information content (AvgIpc) is 3.60. The van der Waals surface area contributed by atoms with Crippen molar-refractivity contribution in [1.29, 1.82) is 0 Å². The van der Waals surface area contributed by atoms with E-state index >= 15 is 0 Å². The third-order valence-corrected chi connectivity index (χ3v) is 6.98. The van der Waals surface area contributed by atoms with Gasteiger partial charge in [-0.2, -0.15) is 16.3 Å². The van der Waals surface area contributed by atoms with Crippen LogP contribution < -0.4 is 10.2 Å². The molecule has 2 aromatic heterocycles. The molecule has 1 aliphatic rings. The van der Waals surface area contributed by atoms with Gasteiger partial charge < -0.3 is 14.7 Å². The lowest BCUT2D eigenvalue weighted by molar-refractivity contribution is -0.121. The molecule has 0 saturated carbocycles. The largest absolute Gasteiger partial charge is 0.369 e. The van der Waals surface area contributed by atoms with Gasteiger partial charge in [0.05, 0.1) is 0 Å². The van der Waals surface area contributed by atoms with Crippen LogP contribution in [0.5, 0.6) is 0 Å². The van der Waals surface area contributed by atoms with Crippen molar-refractivity contribution in [2.75, 3.05) is 31.1 Å². The summed E-state index contributed by atoms with van der Waals surface area (Å²) in [5, 5.41) is 11.0. The molecule has 0 atom stereocenters. The predicted molar refractivity (Wildman–Crippen MR) is 138 cm³/mol. The Morgan fingerprint density at radius 1 is 0.971 bits per heavy atom. The number of hydrogen-bond donors (Lipinski definition) is 1. The van der Waals surface area contributed by atoms with Crippen LogP contribution in [0, 0.1) is 0 Å². The summed E-state index contributed by atoms with van der Waals surface area (Å²) < 4.78 is 5.30.